The van der Waals surface area contributed by atoms with Crippen LogP contribution >= 0.6 is 11.6 Å². The Balaban J connectivity index is 1.93. The predicted octanol–water partition coefficient (Wildman–Crippen LogP) is 2.22. The summed E-state index contributed by atoms with van der Waals surface area (Å²) in [5.41, 5.74) is 0.479. The van der Waals surface area contributed by atoms with Crippen LogP contribution in [0.15, 0.2) is 24.3 Å². The predicted molar refractivity (Wildman–Crippen MR) is 89.4 cm³/mol. The number of carbonyl (C=O) groups is 2. The number of hydrogen-bond donors (Lipinski definition) is 2. The summed E-state index contributed by atoms with van der Waals surface area (Å²) in [6.07, 6.45) is 3.43. The Kier molecular flexibility index (Phi) is 6.42. The summed E-state index contributed by atoms with van der Waals surface area (Å²) in [6.45, 7) is 2.56. The first kappa shape index (κ1) is 17.8. The molecule has 1 heterocycles. The lowest BCUT2D eigenvalue weighted by Gasteiger charge is -2.27. The van der Waals surface area contributed by atoms with E-state index in [-0.39, 0.29) is 24.5 Å². The molecular formula is C17H23ClN2O3. The molecule has 0 radical (unpaired) electrons. The first-order valence-corrected chi connectivity index (χ1v) is 8.38. The van der Waals surface area contributed by atoms with E-state index in [0.717, 1.165) is 25.8 Å². The van der Waals surface area contributed by atoms with E-state index in [9.17, 15) is 9.59 Å². The molecule has 1 aromatic rings. The van der Waals surface area contributed by atoms with Crippen LogP contribution in [-0.2, 0) is 4.79 Å². The van der Waals surface area contributed by atoms with E-state index in [1.165, 1.54) is 0 Å². The lowest BCUT2D eigenvalue weighted by Crippen LogP contribution is -2.48. The second-order valence-corrected chi connectivity index (χ2v) is 6.33. The Morgan fingerprint density at radius 3 is 2.74 bits per heavy atom. The van der Waals surface area contributed by atoms with Gasteiger partial charge in [-0.3, -0.25) is 9.59 Å². The molecule has 1 aromatic carbocycles. The van der Waals surface area contributed by atoms with Crippen molar-refractivity contribution in [2.75, 3.05) is 13.2 Å². The number of nitrogens with one attached hydrogen (secondary N) is 1. The number of carbonyl (C=O) groups excluding carboxylic acids is 2. The van der Waals surface area contributed by atoms with Gasteiger partial charge in [-0.1, -0.05) is 11.6 Å². The molecule has 6 heteroatoms. The number of halogens is 1. The highest BCUT2D eigenvalue weighted by molar-refractivity contribution is 6.30. The van der Waals surface area contributed by atoms with Gasteiger partial charge in [0, 0.05) is 29.8 Å². The van der Waals surface area contributed by atoms with Gasteiger partial charge in [-0.2, -0.15) is 0 Å². The molecule has 5 nitrogen and oxygen atoms in total. The summed E-state index contributed by atoms with van der Waals surface area (Å²) in [4.78, 5) is 26.6. The number of aliphatic hydroxyl groups is 1. The van der Waals surface area contributed by atoms with E-state index in [0.29, 0.717) is 17.0 Å². The Bertz CT molecular complexity index is 547. The lowest BCUT2D eigenvalue weighted by molar-refractivity contribution is -0.133. The second kappa shape index (κ2) is 8.31. The monoisotopic (exact) mass is 338 g/mol. The fraction of sp³-hybridized carbons (Fsp3) is 0.529. The second-order valence-electron chi connectivity index (χ2n) is 5.90. The quantitative estimate of drug-likeness (QED) is 0.835. The Morgan fingerprint density at radius 2 is 2.09 bits per heavy atom. The maximum atomic E-state index is 12.6. The zero-order valence-corrected chi connectivity index (χ0v) is 14.1. The van der Waals surface area contributed by atoms with Crippen LogP contribution in [0.4, 0.5) is 0 Å². The van der Waals surface area contributed by atoms with Crippen LogP contribution in [0.5, 0.6) is 0 Å². The standard InChI is InChI=1S/C17H23ClN2O3/c1-12(19-16(22)13-6-8-14(18)9-7-13)17(23)20-10-2-4-15(20)5-3-11-21/h6-9,12,15,21H,2-5,10-11H2,1H3,(H,19,22). The average molecular weight is 339 g/mol. The SMILES string of the molecule is CC(NC(=O)c1ccc(Cl)cc1)C(=O)N1CCCC1CCCO. The zero-order valence-electron chi connectivity index (χ0n) is 13.3. The van der Waals surface area contributed by atoms with Crippen molar-refractivity contribution in [2.24, 2.45) is 0 Å². The normalized spacial score (nSPS) is 18.7. The summed E-state index contributed by atoms with van der Waals surface area (Å²) in [5, 5.41) is 12.3. The summed E-state index contributed by atoms with van der Waals surface area (Å²) >= 11 is 5.81. The van der Waals surface area contributed by atoms with Crippen LogP contribution in [0.25, 0.3) is 0 Å². The van der Waals surface area contributed by atoms with E-state index in [1.807, 2.05) is 4.90 Å². The van der Waals surface area contributed by atoms with Gasteiger partial charge in [-0.05, 0) is 56.9 Å². The molecule has 1 aliphatic heterocycles. The van der Waals surface area contributed by atoms with Crippen LogP contribution in [0.1, 0.15) is 43.0 Å². The smallest absolute Gasteiger partial charge is 0.251 e. The van der Waals surface area contributed by atoms with Crippen LogP contribution in [-0.4, -0.2) is 47.1 Å². The summed E-state index contributed by atoms with van der Waals surface area (Å²) in [7, 11) is 0. The van der Waals surface area contributed by atoms with Gasteiger partial charge in [0.1, 0.15) is 6.04 Å². The van der Waals surface area contributed by atoms with Crippen molar-refractivity contribution in [2.45, 2.75) is 44.7 Å². The molecule has 1 fully saturated rings. The third-order valence-corrected chi connectivity index (χ3v) is 4.43. The Morgan fingerprint density at radius 1 is 1.39 bits per heavy atom. The minimum atomic E-state index is -0.576. The van der Waals surface area contributed by atoms with Crippen molar-refractivity contribution in [1.29, 1.82) is 0 Å². The summed E-state index contributed by atoms with van der Waals surface area (Å²) < 4.78 is 0. The van der Waals surface area contributed by atoms with E-state index < -0.39 is 6.04 Å². The number of rotatable bonds is 6. The molecule has 0 bridgehead atoms. The molecule has 23 heavy (non-hydrogen) atoms. The van der Waals surface area contributed by atoms with Crippen molar-refractivity contribution < 1.29 is 14.7 Å². The van der Waals surface area contributed by atoms with Gasteiger partial charge < -0.3 is 15.3 Å². The van der Waals surface area contributed by atoms with Gasteiger partial charge in [0.05, 0.1) is 0 Å². The molecule has 1 saturated heterocycles. The zero-order chi connectivity index (χ0) is 16.8. The molecule has 2 rings (SSSR count). The molecule has 0 spiro atoms. The molecule has 2 unspecified atom stereocenters. The lowest BCUT2D eigenvalue weighted by atomic mass is 10.1. The van der Waals surface area contributed by atoms with Crippen molar-refractivity contribution in [3.05, 3.63) is 34.9 Å². The van der Waals surface area contributed by atoms with E-state index in [4.69, 9.17) is 16.7 Å². The van der Waals surface area contributed by atoms with Crippen molar-refractivity contribution in [3.8, 4) is 0 Å². The van der Waals surface area contributed by atoms with Crippen molar-refractivity contribution in [1.82, 2.24) is 10.2 Å². The number of hydrogen-bond acceptors (Lipinski definition) is 3. The van der Waals surface area contributed by atoms with E-state index in [2.05, 4.69) is 5.32 Å². The van der Waals surface area contributed by atoms with E-state index in [1.54, 1.807) is 31.2 Å². The largest absolute Gasteiger partial charge is 0.396 e. The highest BCUT2D eigenvalue weighted by atomic mass is 35.5. The average Bonchev–Trinajstić information content (AvgIpc) is 3.01. The molecule has 2 N–H and O–H groups in total. The minimum Gasteiger partial charge on any atom is -0.396 e. The molecule has 1 aliphatic rings. The number of aliphatic hydroxyl groups excluding tert-OH is 1. The molecule has 0 saturated carbocycles. The molecule has 126 valence electrons. The maximum absolute atomic E-state index is 12.6. The molecular weight excluding hydrogens is 316 g/mol. The van der Waals surface area contributed by atoms with Gasteiger partial charge >= 0.3 is 0 Å². The first-order valence-electron chi connectivity index (χ1n) is 8.00. The number of amides is 2. The Labute approximate surface area is 141 Å². The van der Waals surface area contributed by atoms with Crippen molar-refractivity contribution >= 4 is 23.4 Å². The topological polar surface area (TPSA) is 69.6 Å². The molecule has 2 atom stereocenters. The van der Waals surface area contributed by atoms with Gasteiger partial charge in [0.15, 0.2) is 0 Å². The highest BCUT2D eigenvalue weighted by Gasteiger charge is 2.31. The summed E-state index contributed by atoms with van der Waals surface area (Å²) in [5.74, 6) is -0.346. The molecule has 2 amide bonds. The third kappa shape index (κ3) is 4.69. The van der Waals surface area contributed by atoms with Crippen LogP contribution in [0, 0.1) is 0 Å². The maximum Gasteiger partial charge on any atom is 0.251 e. The minimum absolute atomic E-state index is 0.0623. The summed E-state index contributed by atoms with van der Waals surface area (Å²) in [6, 6.07) is 6.16. The van der Waals surface area contributed by atoms with Crippen LogP contribution in [0.2, 0.25) is 5.02 Å². The van der Waals surface area contributed by atoms with Crippen LogP contribution in [0.3, 0.4) is 0 Å². The van der Waals surface area contributed by atoms with Gasteiger partial charge in [0.25, 0.3) is 5.91 Å². The number of likely N-dealkylation sites (tertiary alicyclic amines) is 1. The first-order chi connectivity index (χ1) is 11.0. The fourth-order valence-electron chi connectivity index (χ4n) is 2.94. The van der Waals surface area contributed by atoms with Gasteiger partial charge in [-0.25, -0.2) is 0 Å². The van der Waals surface area contributed by atoms with Crippen molar-refractivity contribution in [3.63, 3.8) is 0 Å². The third-order valence-electron chi connectivity index (χ3n) is 4.18. The highest BCUT2D eigenvalue weighted by Crippen LogP contribution is 2.22. The van der Waals surface area contributed by atoms with Gasteiger partial charge in [0.2, 0.25) is 5.91 Å². The van der Waals surface area contributed by atoms with Crippen LogP contribution < -0.4 is 5.32 Å². The molecule has 0 aromatic heterocycles. The number of nitrogens with zero attached hydrogens (tertiary/aromatic N) is 1. The van der Waals surface area contributed by atoms with Gasteiger partial charge in [-0.15, -0.1) is 0 Å². The molecule has 0 aliphatic carbocycles. The fourth-order valence-corrected chi connectivity index (χ4v) is 3.07. The Hall–Kier alpha value is -1.59. The number of benzene rings is 1. The van der Waals surface area contributed by atoms with E-state index >= 15 is 0 Å².